The quantitative estimate of drug-likeness (QED) is 0.916. The van der Waals surface area contributed by atoms with E-state index in [1.165, 1.54) is 13.2 Å². The van der Waals surface area contributed by atoms with E-state index in [1.807, 2.05) is 0 Å². The molecule has 0 bridgehead atoms. The fraction of sp³-hybridized carbons (Fsp3) is 0.250. The van der Waals surface area contributed by atoms with Gasteiger partial charge in [-0.25, -0.2) is 8.42 Å². The fourth-order valence-corrected chi connectivity index (χ4v) is 4.43. The molecule has 1 N–H and O–H groups in total. The van der Waals surface area contributed by atoms with Gasteiger partial charge in [0.1, 0.15) is 15.2 Å². The zero-order valence-electron chi connectivity index (χ0n) is 10.2. The third-order valence-corrected chi connectivity index (χ3v) is 6.04. The van der Waals surface area contributed by atoms with E-state index in [-0.39, 0.29) is 16.7 Å². The highest BCUT2D eigenvalue weighted by atomic mass is 32.2. The SMILES string of the molecule is CC(=O)NC[C@H](c1ccco1)S(=O)(=O)c1cccs1. The van der Waals surface area contributed by atoms with Crippen molar-refractivity contribution in [3.05, 3.63) is 41.7 Å². The molecule has 2 heterocycles. The largest absolute Gasteiger partial charge is 0.468 e. The van der Waals surface area contributed by atoms with Crippen molar-refractivity contribution in [3.8, 4) is 0 Å². The number of hydrogen-bond donors (Lipinski definition) is 1. The highest BCUT2D eigenvalue weighted by Crippen LogP contribution is 2.31. The molecule has 2 rings (SSSR count). The predicted molar refractivity (Wildman–Crippen MR) is 71.6 cm³/mol. The number of amides is 1. The smallest absolute Gasteiger partial charge is 0.216 e. The minimum atomic E-state index is -3.57. The Morgan fingerprint density at radius 2 is 2.21 bits per heavy atom. The number of carbonyl (C=O) groups is 1. The second-order valence-corrected chi connectivity index (χ2v) is 7.22. The molecule has 2 aromatic heterocycles. The molecule has 102 valence electrons. The molecule has 0 spiro atoms. The lowest BCUT2D eigenvalue weighted by Gasteiger charge is -2.14. The maximum atomic E-state index is 12.5. The van der Waals surface area contributed by atoms with Gasteiger partial charge in [0.25, 0.3) is 0 Å². The normalized spacial score (nSPS) is 13.1. The molecule has 0 fully saturated rings. The molecular formula is C12H13NO4S2. The lowest BCUT2D eigenvalue weighted by Crippen LogP contribution is -2.29. The number of nitrogens with one attached hydrogen (secondary N) is 1. The molecule has 1 amide bonds. The molecule has 0 saturated heterocycles. The Morgan fingerprint density at radius 3 is 2.74 bits per heavy atom. The molecule has 19 heavy (non-hydrogen) atoms. The molecule has 0 saturated carbocycles. The number of sulfone groups is 1. The van der Waals surface area contributed by atoms with Crippen molar-refractivity contribution in [2.45, 2.75) is 16.4 Å². The lowest BCUT2D eigenvalue weighted by molar-refractivity contribution is -0.118. The Labute approximate surface area is 115 Å². The van der Waals surface area contributed by atoms with E-state index in [1.54, 1.807) is 29.6 Å². The van der Waals surface area contributed by atoms with Crippen molar-refractivity contribution in [1.82, 2.24) is 5.32 Å². The van der Waals surface area contributed by atoms with Crippen LogP contribution >= 0.6 is 11.3 Å². The second-order valence-electron chi connectivity index (χ2n) is 3.92. The van der Waals surface area contributed by atoms with E-state index in [9.17, 15) is 13.2 Å². The molecule has 2 aromatic rings. The molecule has 7 heteroatoms. The lowest BCUT2D eigenvalue weighted by atomic mass is 10.3. The van der Waals surface area contributed by atoms with Crippen molar-refractivity contribution in [2.24, 2.45) is 0 Å². The van der Waals surface area contributed by atoms with E-state index in [2.05, 4.69) is 5.32 Å². The predicted octanol–water partition coefficient (Wildman–Crippen LogP) is 1.99. The van der Waals surface area contributed by atoms with Crippen LogP contribution < -0.4 is 5.32 Å². The maximum Gasteiger partial charge on any atom is 0.216 e. The summed E-state index contributed by atoms with van der Waals surface area (Å²) < 4.78 is 30.5. The Hall–Kier alpha value is -1.60. The maximum absolute atomic E-state index is 12.5. The zero-order valence-corrected chi connectivity index (χ0v) is 11.8. The number of rotatable bonds is 5. The molecule has 0 aliphatic heterocycles. The Morgan fingerprint density at radius 1 is 1.42 bits per heavy atom. The fourth-order valence-electron chi connectivity index (χ4n) is 1.64. The minimum absolute atomic E-state index is 0.0108. The topological polar surface area (TPSA) is 76.4 Å². The molecule has 0 unspecified atom stereocenters. The Bertz CT molecular complexity index is 629. The molecule has 0 aromatic carbocycles. The highest BCUT2D eigenvalue weighted by Gasteiger charge is 2.32. The van der Waals surface area contributed by atoms with Gasteiger partial charge in [-0.2, -0.15) is 0 Å². The van der Waals surface area contributed by atoms with Crippen LogP contribution in [0, 0.1) is 0 Å². The first-order chi connectivity index (χ1) is 9.01. The van der Waals surface area contributed by atoms with Gasteiger partial charge >= 0.3 is 0 Å². The van der Waals surface area contributed by atoms with Crippen molar-refractivity contribution in [2.75, 3.05) is 6.54 Å². The second kappa shape index (κ2) is 5.58. The van der Waals surface area contributed by atoms with Gasteiger partial charge < -0.3 is 9.73 Å². The average molecular weight is 299 g/mol. The summed E-state index contributed by atoms with van der Waals surface area (Å²) in [7, 11) is -3.57. The van der Waals surface area contributed by atoms with Crippen molar-refractivity contribution in [3.63, 3.8) is 0 Å². The molecule has 0 aliphatic carbocycles. The van der Waals surface area contributed by atoms with Crippen LogP contribution in [-0.4, -0.2) is 20.9 Å². The van der Waals surface area contributed by atoms with Crippen molar-refractivity contribution in [1.29, 1.82) is 0 Å². The van der Waals surface area contributed by atoms with Crippen LogP contribution in [0.5, 0.6) is 0 Å². The number of carbonyl (C=O) groups excluding carboxylic acids is 1. The first kappa shape index (κ1) is 13.8. The molecule has 0 aliphatic rings. The Balaban J connectivity index is 2.35. The van der Waals surface area contributed by atoms with Crippen LogP contribution in [-0.2, 0) is 14.6 Å². The first-order valence-corrected chi connectivity index (χ1v) is 7.99. The first-order valence-electron chi connectivity index (χ1n) is 5.57. The summed E-state index contributed by atoms with van der Waals surface area (Å²) in [5.74, 6) is 0.0417. The van der Waals surface area contributed by atoms with Crippen molar-refractivity contribution < 1.29 is 17.6 Å². The van der Waals surface area contributed by atoms with Crippen LogP contribution in [0.2, 0.25) is 0 Å². The van der Waals surface area contributed by atoms with Gasteiger partial charge in [0.15, 0.2) is 9.84 Å². The summed E-state index contributed by atoms with van der Waals surface area (Å²) in [6, 6.07) is 6.44. The van der Waals surface area contributed by atoms with Gasteiger partial charge in [0.05, 0.1) is 6.26 Å². The molecule has 5 nitrogen and oxygen atoms in total. The van der Waals surface area contributed by atoms with Gasteiger partial charge in [0, 0.05) is 13.5 Å². The van der Waals surface area contributed by atoms with Crippen molar-refractivity contribution >= 4 is 27.1 Å². The summed E-state index contributed by atoms with van der Waals surface area (Å²) in [5, 5.41) is 3.32. The van der Waals surface area contributed by atoms with E-state index >= 15 is 0 Å². The van der Waals surface area contributed by atoms with Crippen LogP contribution in [0.25, 0.3) is 0 Å². The molecular weight excluding hydrogens is 286 g/mol. The standard InChI is InChI=1S/C12H13NO4S2/c1-9(14)13-8-11(10-4-2-6-17-10)19(15,16)12-5-3-7-18-12/h2-7,11H,8H2,1H3,(H,13,14)/t11-/m1/s1. The summed E-state index contributed by atoms with van der Waals surface area (Å²) in [4.78, 5) is 11.0. The minimum Gasteiger partial charge on any atom is -0.468 e. The van der Waals surface area contributed by atoms with Gasteiger partial charge in [-0.1, -0.05) is 6.07 Å². The zero-order chi connectivity index (χ0) is 13.9. The average Bonchev–Trinajstić information content (AvgIpc) is 3.02. The van der Waals surface area contributed by atoms with Gasteiger partial charge in [-0.15, -0.1) is 11.3 Å². The number of furan rings is 1. The summed E-state index contributed by atoms with van der Waals surface area (Å²) >= 11 is 1.15. The monoisotopic (exact) mass is 299 g/mol. The van der Waals surface area contributed by atoms with Gasteiger partial charge in [-0.3, -0.25) is 4.79 Å². The van der Waals surface area contributed by atoms with Crippen LogP contribution in [0.15, 0.2) is 44.5 Å². The molecule has 1 atom stereocenters. The van der Waals surface area contributed by atoms with Crippen LogP contribution in [0.4, 0.5) is 0 Å². The summed E-state index contributed by atoms with van der Waals surface area (Å²) in [6.07, 6.45) is 1.42. The van der Waals surface area contributed by atoms with E-state index in [0.717, 1.165) is 11.3 Å². The third kappa shape index (κ3) is 3.05. The van der Waals surface area contributed by atoms with Gasteiger partial charge in [0.2, 0.25) is 5.91 Å². The van der Waals surface area contributed by atoms with Gasteiger partial charge in [-0.05, 0) is 23.6 Å². The highest BCUT2D eigenvalue weighted by molar-refractivity contribution is 7.93. The number of thiophene rings is 1. The summed E-state index contributed by atoms with van der Waals surface area (Å²) in [5.41, 5.74) is 0. The van der Waals surface area contributed by atoms with Crippen LogP contribution in [0.1, 0.15) is 17.9 Å². The van der Waals surface area contributed by atoms with E-state index in [0.29, 0.717) is 5.76 Å². The Kier molecular flexibility index (Phi) is 4.06. The number of hydrogen-bond acceptors (Lipinski definition) is 5. The van der Waals surface area contributed by atoms with Crippen LogP contribution in [0.3, 0.4) is 0 Å². The van der Waals surface area contributed by atoms with E-state index < -0.39 is 15.1 Å². The molecule has 0 radical (unpaired) electrons. The van der Waals surface area contributed by atoms with E-state index in [4.69, 9.17) is 4.42 Å². The third-order valence-electron chi connectivity index (χ3n) is 2.55. The summed E-state index contributed by atoms with van der Waals surface area (Å²) in [6.45, 7) is 1.33.